The van der Waals surface area contributed by atoms with Gasteiger partial charge in [-0.15, -0.1) is 0 Å². The molecule has 3 nitrogen and oxygen atoms in total. The third kappa shape index (κ3) is 3.54. The summed E-state index contributed by atoms with van der Waals surface area (Å²) in [6, 6.07) is 4.25. The van der Waals surface area contributed by atoms with Crippen molar-refractivity contribution >= 4 is 0 Å². The summed E-state index contributed by atoms with van der Waals surface area (Å²) in [7, 11) is 0. The van der Waals surface area contributed by atoms with Gasteiger partial charge in [-0.3, -0.25) is 9.88 Å². The van der Waals surface area contributed by atoms with E-state index in [9.17, 15) is 5.26 Å². The third-order valence-corrected chi connectivity index (χ3v) is 3.08. The van der Waals surface area contributed by atoms with E-state index in [1.807, 2.05) is 12.3 Å². The fourth-order valence-electron chi connectivity index (χ4n) is 1.98. The lowest BCUT2D eigenvalue weighted by Gasteiger charge is -2.21. The molecule has 1 heterocycles. The molecule has 0 N–H and O–H groups in total. The van der Waals surface area contributed by atoms with Gasteiger partial charge in [0.2, 0.25) is 0 Å². The van der Waals surface area contributed by atoms with Gasteiger partial charge in [0.15, 0.2) is 0 Å². The monoisotopic (exact) mass is 245 g/mol. The van der Waals surface area contributed by atoms with Gasteiger partial charge in [0.1, 0.15) is 6.07 Å². The van der Waals surface area contributed by atoms with Crippen molar-refractivity contribution in [1.29, 1.82) is 5.26 Å². The maximum atomic E-state index is 9.25. The predicted octanol–water partition coefficient (Wildman–Crippen LogP) is 3.09. The molecule has 0 fully saturated rings. The summed E-state index contributed by atoms with van der Waals surface area (Å²) >= 11 is 0. The van der Waals surface area contributed by atoms with Crippen LogP contribution in [0.1, 0.15) is 51.4 Å². The van der Waals surface area contributed by atoms with Crippen molar-refractivity contribution < 1.29 is 0 Å². The Morgan fingerprint density at radius 2 is 1.89 bits per heavy atom. The molecule has 0 saturated heterocycles. The lowest BCUT2D eigenvalue weighted by Crippen LogP contribution is -2.23. The second-order valence-electron chi connectivity index (χ2n) is 5.56. The molecule has 0 bridgehead atoms. The molecule has 0 aromatic carbocycles. The summed E-state index contributed by atoms with van der Waals surface area (Å²) in [5.41, 5.74) is 2.61. The molecule has 3 heteroatoms. The van der Waals surface area contributed by atoms with Gasteiger partial charge in [0.05, 0.1) is 11.3 Å². The Morgan fingerprint density at radius 3 is 2.33 bits per heavy atom. The number of hydrogen-bond donors (Lipinski definition) is 0. The molecule has 0 spiro atoms. The van der Waals surface area contributed by atoms with Crippen molar-refractivity contribution in [3.05, 3.63) is 29.1 Å². The molecule has 18 heavy (non-hydrogen) atoms. The maximum Gasteiger partial charge on any atom is 0.101 e. The fraction of sp³-hybridized carbons (Fsp3) is 0.600. The van der Waals surface area contributed by atoms with Gasteiger partial charge in [-0.1, -0.05) is 34.6 Å². The number of rotatable bonds is 4. The maximum absolute atomic E-state index is 9.25. The Bertz CT molecular complexity index is 434. The lowest BCUT2D eigenvalue weighted by molar-refractivity contribution is 0.295. The first kappa shape index (κ1) is 14.7. The molecule has 0 atom stereocenters. The van der Waals surface area contributed by atoms with Crippen LogP contribution in [0, 0.1) is 11.3 Å². The quantitative estimate of drug-likeness (QED) is 0.818. The van der Waals surface area contributed by atoms with Crippen LogP contribution in [0.3, 0.4) is 0 Å². The highest BCUT2D eigenvalue weighted by Crippen LogP contribution is 2.24. The van der Waals surface area contributed by atoms with E-state index in [4.69, 9.17) is 0 Å². The second-order valence-corrected chi connectivity index (χ2v) is 5.56. The number of nitrogens with zero attached hydrogens (tertiary/aromatic N) is 3. The van der Waals surface area contributed by atoms with E-state index in [1.54, 1.807) is 0 Å². The van der Waals surface area contributed by atoms with Crippen LogP contribution in [0.4, 0.5) is 0 Å². The van der Waals surface area contributed by atoms with Crippen LogP contribution in [-0.2, 0) is 12.0 Å². The van der Waals surface area contributed by atoms with Gasteiger partial charge >= 0.3 is 0 Å². The standard InChI is InChI=1S/C15H23N3/c1-6-18(7-2)11-12-8-13(9-16)14(17-10-12)15(3,4)5/h8,10H,6-7,11H2,1-5H3. The Morgan fingerprint density at radius 1 is 1.28 bits per heavy atom. The Labute approximate surface area is 110 Å². The zero-order valence-electron chi connectivity index (χ0n) is 12.1. The Kier molecular flexibility index (Phi) is 4.86. The first-order chi connectivity index (χ1) is 8.42. The van der Waals surface area contributed by atoms with E-state index in [2.05, 4.69) is 50.6 Å². The van der Waals surface area contributed by atoms with Gasteiger partial charge in [0, 0.05) is 18.2 Å². The fourth-order valence-corrected chi connectivity index (χ4v) is 1.98. The number of hydrogen-bond acceptors (Lipinski definition) is 3. The Hall–Kier alpha value is -1.40. The van der Waals surface area contributed by atoms with E-state index >= 15 is 0 Å². The molecule has 0 unspecified atom stereocenters. The van der Waals surface area contributed by atoms with Crippen molar-refractivity contribution in [1.82, 2.24) is 9.88 Å². The first-order valence-electron chi connectivity index (χ1n) is 6.54. The minimum atomic E-state index is -0.0845. The molecule has 1 aromatic rings. The number of pyridine rings is 1. The largest absolute Gasteiger partial charge is 0.300 e. The minimum absolute atomic E-state index is 0.0845. The van der Waals surface area contributed by atoms with Gasteiger partial charge < -0.3 is 0 Å². The molecule has 0 aliphatic carbocycles. The van der Waals surface area contributed by atoms with E-state index < -0.39 is 0 Å². The molecular weight excluding hydrogens is 222 g/mol. The number of nitriles is 1. The summed E-state index contributed by atoms with van der Waals surface area (Å²) in [4.78, 5) is 6.81. The summed E-state index contributed by atoms with van der Waals surface area (Å²) in [5.74, 6) is 0. The van der Waals surface area contributed by atoms with Gasteiger partial charge in [0.25, 0.3) is 0 Å². The van der Waals surface area contributed by atoms with Gasteiger partial charge in [-0.05, 0) is 24.7 Å². The van der Waals surface area contributed by atoms with Crippen LogP contribution in [0.25, 0.3) is 0 Å². The highest BCUT2D eigenvalue weighted by Gasteiger charge is 2.20. The van der Waals surface area contributed by atoms with Crippen molar-refractivity contribution in [2.75, 3.05) is 13.1 Å². The zero-order valence-corrected chi connectivity index (χ0v) is 12.1. The van der Waals surface area contributed by atoms with E-state index in [1.165, 1.54) is 0 Å². The smallest absolute Gasteiger partial charge is 0.101 e. The first-order valence-corrected chi connectivity index (χ1v) is 6.54. The minimum Gasteiger partial charge on any atom is -0.300 e. The van der Waals surface area contributed by atoms with Gasteiger partial charge in [-0.2, -0.15) is 5.26 Å². The highest BCUT2D eigenvalue weighted by molar-refractivity contribution is 5.39. The van der Waals surface area contributed by atoms with E-state index in [0.29, 0.717) is 5.56 Å². The average molecular weight is 245 g/mol. The van der Waals surface area contributed by atoms with Crippen LogP contribution in [0.5, 0.6) is 0 Å². The van der Waals surface area contributed by atoms with Crippen LogP contribution >= 0.6 is 0 Å². The van der Waals surface area contributed by atoms with Crippen molar-refractivity contribution in [3.63, 3.8) is 0 Å². The van der Waals surface area contributed by atoms with Crippen LogP contribution < -0.4 is 0 Å². The zero-order chi connectivity index (χ0) is 13.8. The van der Waals surface area contributed by atoms with Crippen molar-refractivity contribution in [2.45, 2.75) is 46.6 Å². The molecule has 0 radical (unpaired) electrons. The topological polar surface area (TPSA) is 39.9 Å². The summed E-state index contributed by atoms with van der Waals surface area (Å²) in [6.07, 6.45) is 1.90. The van der Waals surface area contributed by atoms with Crippen molar-refractivity contribution in [2.24, 2.45) is 0 Å². The summed E-state index contributed by atoms with van der Waals surface area (Å²) < 4.78 is 0. The molecule has 0 saturated carbocycles. The second kappa shape index (κ2) is 5.97. The van der Waals surface area contributed by atoms with Crippen molar-refractivity contribution in [3.8, 4) is 6.07 Å². The van der Waals surface area contributed by atoms with Crippen LogP contribution in [0.2, 0.25) is 0 Å². The predicted molar refractivity (Wildman–Crippen MR) is 74.3 cm³/mol. The van der Waals surface area contributed by atoms with E-state index in [-0.39, 0.29) is 5.41 Å². The van der Waals surface area contributed by atoms with Gasteiger partial charge in [-0.25, -0.2) is 0 Å². The van der Waals surface area contributed by atoms with E-state index in [0.717, 1.165) is 30.9 Å². The highest BCUT2D eigenvalue weighted by atomic mass is 15.1. The molecule has 98 valence electrons. The lowest BCUT2D eigenvalue weighted by atomic mass is 9.88. The molecule has 0 aliphatic heterocycles. The van der Waals surface area contributed by atoms with Crippen LogP contribution in [-0.4, -0.2) is 23.0 Å². The SMILES string of the molecule is CCN(CC)Cc1cnc(C(C)(C)C)c(C#N)c1. The van der Waals surface area contributed by atoms with Crippen LogP contribution in [0.15, 0.2) is 12.3 Å². The summed E-state index contributed by atoms with van der Waals surface area (Å²) in [5, 5.41) is 9.25. The molecule has 1 rings (SSSR count). The summed E-state index contributed by atoms with van der Waals surface area (Å²) in [6.45, 7) is 13.4. The Balaban J connectivity index is 3.04. The molecule has 0 amide bonds. The average Bonchev–Trinajstić information content (AvgIpc) is 2.34. The normalized spacial score (nSPS) is 11.6. The molecule has 1 aromatic heterocycles. The number of aromatic nitrogens is 1. The molecule has 0 aliphatic rings. The molecular formula is C15H23N3. The third-order valence-electron chi connectivity index (χ3n) is 3.08.